The molecule has 1 aromatic carbocycles. The van der Waals surface area contributed by atoms with Crippen molar-refractivity contribution in [1.82, 2.24) is 29.5 Å². The number of nitrogen functional groups attached to an aromatic ring is 1. The van der Waals surface area contributed by atoms with Gasteiger partial charge in [0.15, 0.2) is 11.5 Å². The second kappa shape index (κ2) is 6.99. The largest absolute Gasteiger partial charge is 0.368 e. The number of imidazole rings is 1. The summed E-state index contributed by atoms with van der Waals surface area (Å²) >= 11 is 0. The van der Waals surface area contributed by atoms with E-state index in [1.54, 1.807) is 18.5 Å². The molecule has 0 aliphatic heterocycles. The van der Waals surface area contributed by atoms with Crippen molar-refractivity contribution in [3.63, 3.8) is 0 Å². The third kappa shape index (κ3) is 3.29. The second-order valence-electron chi connectivity index (χ2n) is 6.06. The molecule has 136 valence electrons. The number of aryl methyl sites for hydroxylation is 2. The van der Waals surface area contributed by atoms with Crippen LogP contribution in [0.25, 0.3) is 22.7 Å². The molecule has 0 spiro atoms. The zero-order valence-corrected chi connectivity index (χ0v) is 15.2. The Morgan fingerprint density at radius 2 is 1.96 bits per heavy atom. The first-order valence-electron chi connectivity index (χ1n) is 8.86. The second-order valence-corrected chi connectivity index (χ2v) is 6.06. The highest BCUT2D eigenvalue weighted by molar-refractivity contribution is 5.77. The molecule has 3 aromatic heterocycles. The normalized spacial score (nSPS) is 11.0. The van der Waals surface area contributed by atoms with E-state index in [2.05, 4.69) is 49.3 Å². The first kappa shape index (κ1) is 16.9. The van der Waals surface area contributed by atoms with Gasteiger partial charge in [-0.15, -0.1) is 0 Å². The summed E-state index contributed by atoms with van der Waals surface area (Å²) in [5.41, 5.74) is 10.0. The van der Waals surface area contributed by atoms with Crippen LogP contribution in [-0.2, 0) is 13.0 Å². The number of fused-ring (bicyclic) bond motifs is 1. The molecule has 0 atom stereocenters. The Labute approximate surface area is 156 Å². The fourth-order valence-electron chi connectivity index (χ4n) is 2.97. The molecular weight excluding hydrogens is 340 g/mol. The van der Waals surface area contributed by atoms with Crippen LogP contribution in [-0.4, -0.2) is 29.5 Å². The molecule has 0 saturated carbocycles. The Morgan fingerprint density at radius 1 is 1.07 bits per heavy atom. The zero-order valence-electron chi connectivity index (χ0n) is 15.2. The number of nitrogens with one attached hydrogen (secondary N) is 1. The van der Waals surface area contributed by atoms with E-state index in [1.165, 1.54) is 5.56 Å². The Hall–Kier alpha value is -3.55. The highest BCUT2D eigenvalue weighted by Crippen LogP contribution is 2.24. The summed E-state index contributed by atoms with van der Waals surface area (Å²) in [7, 11) is 0. The maximum absolute atomic E-state index is 5.72. The quantitative estimate of drug-likeness (QED) is 0.563. The fraction of sp³-hybridized carbons (Fsp3) is 0.211. The Morgan fingerprint density at radius 3 is 2.74 bits per heavy atom. The van der Waals surface area contributed by atoms with Gasteiger partial charge in [0.2, 0.25) is 11.9 Å². The smallest absolute Gasteiger partial charge is 0.229 e. The zero-order chi connectivity index (χ0) is 18.8. The number of hydrogen-bond donors (Lipinski definition) is 2. The average Bonchev–Trinajstić information content (AvgIpc) is 3.06. The predicted molar refractivity (Wildman–Crippen MR) is 106 cm³/mol. The van der Waals surface area contributed by atoms with E-state index in [9.17, 15) is 0 Å². The molecule has 3 heterocycles. The summed E-state index contributed by atoms with van der Waals surface area (Å²) in [5.74, 6) is 1.44. The van der Waals surface area contributed by atoms with Crippen LogP contribution in [0.4, 0.5) is 17.6 Å². The summed E-state index contributed by atoms with van der Waals surface area (Å²) < 4.78 is 1.99. The molecule has 0 bridgehead atoms. The Bertz CT molecular complexity index is 1100. The first-order valence-corrected chi connectivity index (χ1v) is 8.86. The van der Waals surface area contributed by atoms with Crippen LogP contribution in [0.2, 0.25) is 0 Å². The summed E-state index contributed by atoms with van der Waals surface area (Å²) in [6.07, 6.45) is 4.31. The van der Waals surface area contributed by atoms with Crippen LogP contribution in [0.5, 0.6) is 0 Å². The van der Waals surface area contributed by atoms with Gasteiger partial charge in [0, 0.05) is 18.4 Å². The standard InChI is InChI=1S/C19H20N8/c1-3-12-6-5-7-13(10-12)23-19-22-11-15-17(26-19)27(4-2)16(24-15)14-8-9-21-18(20)25-14/h5-11H,3-4H2,1-2H3,(H2,20,21,25)(H,22,23,26). The highest BCUT2D eigenvalue weighted by atomic mass is 15.2. The molecule has 4 rings (SSSR count). The van der Waals surface area contributed by atoms with Gasteiger partial charge in [0.1, 0.15) is 11.2 Å². The van der Waals surface area contributed by atoms with Crippen LogP contribution in [0, 0.1) is 0 Å². The lowest BCUT2D eigenvalue weighted by Crippen LogP contribution is -2.03. The number of hydrogen-bond acceptors (Lipinski definition) is 7. The maximum atomic E-state index is 5.72. The minimum absolute atomic E-state index is 0.214. The minimum atomic E-state index is 0.214. The highest BCUT2D eigenvalue weighted by Gasteiger charge is 2.15. The van der Waals surface area contributed by atoms with E-state index < -0.39 is 0 Å². The van der Waals surface area contributed by atoms with E-state index in [0.717, 1.165) is 17.8 Å². The molecule has 3 N–H and O–H groups in total. The van der Waals surface area contributed by atoms with Crippen molar-refractivity contribution >= 4 is 28.7 Å². The number of nitrogens with zero attached hydrogens (tertiary/aromatic N) is 6. The van der Waals surface area contributed by atoms with Gasteiger partial charge >= 0.3 is 0 Å². The summed E-state index contributed by atoms with van der Waals surface area (Å²) in [5, 5.41) is 3.27. The van der Waals surface area contributed by atoms with E-state index >= 15 is 0 Å². The van der Waals surface area contributed by atoms with E-state index in [1.807, 2.05) is 23.6 Å². The monoisotopic (exact) mass is 360 g/mol. The molecule has 8 heteroatoms. The van der Waals surface area contributed by atoms with Crippen molar-refractivity contribution < 1.29 is 0 Å². The molecule has 0 unspecified atom stereocenters. The van der Waals surface area contributed by atoms with Gasteiger partial charge in [-0.3, -0.25) is 0 Å². The molecule has 0 aliphatic carbocycles. The van der Waals surface area contributed by atoms with Crippen LogP contribution < -0.4 is 11.1 Å². The lowest BCUT2D eigenvalue weighted by Gasteiger charge is -2.08. The predicted octanol–water partition coefficient (Wildman–Crippen LogP) is 3.19. The van der Waals surface area contributed by atoms with Gasteiger partial charge in [0.25, 0.3) is 0 Å². The molecule has 0 amide bonds. The third-order valence-electron chi connectivity index (χ3n) is 4.30. The van der Waals surface area contributed by atoms with Gasteiger partial charge in [-0.1, -0.05) is 19.1 Å². The van der Waals surface area contributed by atoms with Crippen LogP contribution >= 0.6 is 0 Å². The Kier molecular flexibility index (Phi) is 4.37. The van der Waals surface area contributed by atoms with Gasteiger partial charge in [-0.2, -0.15) is 4.98 Å². The van der Waals surface area contributed by atoms with Crippen LogP contribution in [0.15, 0.2) is 42.7 Å². The molecule has 0 fully saturated rings. The van der Waals surface area contributed by atoms with Gasteiger partial charge in [-0.05, 0) is 37.1 Å². The number of nitrogens with two attached hydrogens (primary N) is 1. The van der Waals surface area contributed by atoms with Crippen molar-refractivity contribution in [2.24, 2.45) is 0 Å². The molecular formula is C19H20N8. The molecule has 0 aliphatic rings. The van der Waals surface area contributed by atoms with Crippen LogP contribution in [0.3, 0.4) is 0 Å². The molecule has 0 radical (unpaired) electrons. The van der Waals surface area contributed by atoms with Crippen molar-refractivity contribution in [1.29, 1.82) is 0 Å². The number of aromatic nitrogens is 6. The van der Waals surface area contributed by atoms with E-state index in [-0.39, 0.29) is 5.95 Å². The van der Waals surface area contributed by atoms with Gasteiger partial charge < -0.3 is 15.6 Å². The van der Waals surface area contributed by atoms with Crippen LogP contribution in [0.1, 0.15) is 19.4 Å². The summed E-state index contributed by atoms with van der Waals surface area (Å²) in [6, 6.07) is 10.00. The van der Waals surface area contributed by atoms with E-state index in [4.69, 9.17) is 5.73 Å². The number of rotatable bonds is 5. The van der Waals surface area contributed by atoms with Crippen molar-refractivity contribution in [3.8, 4) is 11.5 Å². The summed E-state index contributed by atoms with van der Waals surface area (Å²) in [6.45, 7) is 4.86. The molecule has 4 aromatic rings. The Balaban J connectivity index is 1.75. The molecule has 27 heavy (non-hydrogen) atoms. The van der Waals surface area contributed by atoms with Gasteiger partial charge in [-0.25, -0.2) is 19.9 Å². The van der Waals surface area contributed by atoms with Crippen molar-refractivity contribution in [3.05, 3.63) is 48.3 Å². The van der Waals surface area contributed by atoms with Crippen molar-refractivity contribution in [2.45, 2.75) is 26.8 Å². The maximum Gasteiger partial charge on any atom is 0.229 e. The lowest BCUT2D eigenvalue weighted by molar-refractivity contribution is 0.783. The molecule has 0 saturated heterocycles. The van der Waals surface area contributed by atoms with Crippen molar-refractivity contribution in [2.75, 3.05) is 11.1 Å². The number of anilines is 3. The fourth-order valence-corrected chi connectivity index (χ4v) is 2.97. The lowest BCUT2D eigenvalue weighted by atomic mass is 10.1. The minimum Gasteiger partial charge on any atom is -0.368 e. The van der Waals surface area contributed by atoms with E-state index in [0.29, 0.717) is 29.5 Å². The first-order chi connectivity index (χ1) is 13.2. The third-order valence-corrected chi connectivity index (χ3v) is 4.30. The average molecular weight is 360 g/mol. The molecule has 8 nitrogen and oxygen atoms in total. The number of benzene rings is 1. The SMILES string of the molecule is CCc1cccc(Nc2ncc3nc(-c4ccnc(N)n4)n(CC)c3n2)c1. The topological polar surface area (TPSA) is 107 Å². The summed E-state index contributed by atoms with van der Waals surface area (Å²) in [4.78, 5) is 21.9. The van der Waals surface area contributed by atoms with Gasteiger partial charge in [0.05, 0.1) is 6.20 Å².